The minimum absolute atomic E-state index is 0.0164. The fraction of sp³-hybridized carbons (Fsp3) is 0.316. The Morgan fingerprint density at radius 3 is 2.54 bits per heavy atom. The fourth-order valence-electron chi connectivity index (χ4n) is 2.76. The number of fused-ring (bicyclic) bond motifs is 1. The third-order valence-corrected chi connectivity index (χ3v) is 4.06. The van der Waals surface area contributed by atoms with Gasteiger partial charge < -0.3 is 19.5 Å². The quantitative estimate of drug-likeness (QED) is 0.885. The number of hydrogen-bond acceptors (Lipinski definition) is 4. The van der Waals surface area contributed by atoms with Crippen LogP contribution in [-0.2, 0) is 17.6 Å². The molecule has 5 nitrogen and oxygen atoms in total. The van der Waals surface area contributed by atoms with Gasteiger partial charge in [-0.25, -0.2) is 0 Å². The lowest BCUT2D eigenvalue weighted by molar-refractivity contribution is -0.120. The predicted octanol–water partition coefficient (Wildman–Crippen LogP) is 2.37. The highest BCUT2D eigenvalue weighted by atomic mass is 16.5. The van der Waals surface area contributed by atoms with E-state index in [1.165, 1.54) is 0 Å². The average molecular weight is 327 g/mol. The van der Waals surface area contributed by atoms with Gasteiger partial charge in [0, 0.05) is 12.0 Å². The van der Waals surface area contributed by atoms with E-state index in [9.17, 15) is 4.79 Å². The summed E-state index contributed by atoms with van der Waals surface area (Å²) in [5.74, 6) is 2.45. The van der Waals surface area contributed by atoms with Crippen LogP contribution in [-0.4, -0.2) is 32.8 Å². The van der Waals surface area contributed by atoms with Gasteiger partial charge in [-0.15, -0.1) is 0 Å². The molecule has 0 saturated carbocycles. The van der Waals surface area contributed by atoms with Gasteiger partial charge in [0.2, 0.25) is 5.91 Å². The van der Waals surface area contributed by atoms with Crippen molar-refractivity contribution in [3.05, 3.63) is 53.6 Å². The molecule has 0 fully saturated rings. The summed E-state index contributed by atoms with van der Waals surface area (Å²) >= 11 is 0. The van der Waals surface area contributed by atoms with Gasteiger partial charge in [-0.05, 0) is 35.9 Å². The maximum Gasteiger partial charge on any atom is 0.224 e. The molecular formula is C19H21NO4. The molecule has 0 saturated heterocycles. The highest BCUT2D eigenvalue weighted by molar-refractivity contribution is 5.78. The number of rotatable bonds is 6. The van der Waals surface area contributed by atoms with E-state index in [0.717, 1.165) is 34.8 Å². The van der Waals surface area contributed by atoms with Gasteiger partial charge in [-0.2, -0.15) is 0 Å². The van der Waals surface area contributed by atoms with Crippen molar-refractivity contribution in [1.82, 2.24) is 5.32 Å². The summed E-state index contributed by atoms with van der Waals surface area (Å²) in [6, 6.07) is 13.3. The molecule has 0 bridgehead atoms. The molecule has 3 rings (SSSR count). The van der Waals surface area contributed by atoms with E-state index >= 15 is 0 Å². The predicted molar refractivity (Wildman–Crippen MR) is 90.8 cm³/mol. The number of methoxy groups -OCH3 is 2. The van der Waals surface area contributed by atoms with Crippen LogP contribution in [0, 0.1) is 0 Å². The number of carbonyl (C=O) groups excluding carboxylic acids is 1. The number of carbonyl (C=O) groups is 1. The van der Waals surface area contributed by atoms with Crippen molar-refractivity contribution in [2.45, 2.75) is 18.9 Å². The molecular weight excluding hydrogens is 306 g/mol. The largest absolute Gasteiger partial charge is 0.497 e. The van der Waals surface area contributed by atoms with Crippen LogP contribution in [0.4, 0.5) is 0 Å². The molecule has 126 valence electrons. The van der Waals surface area contributed by atoms with Crippen LogP contribution >= 0.6 is 0 Å². The Morgan fingerprint density at radius 2 is 1.83 bits per heavy atom. The van der Waals surface area contributed by atoms with Gasteiger partial charge in [-0.3, -0.25) is 4.79 Å². The summed E-state index contributed by atoms with van der Waals surface area (Å²) in [5, 5.41) is 2.94. The number of hydrogen-bond donors (Lipinski definition) is 1. The van der Waals surface area contributed by atoms with Crippen LogP contribution in [0.5, 0.6) is 17.2 Å². The van der Waals surface area contributed by atoms with Gasteiger partial charge in [-0.1, -0.05) is 12.1 Å². The first-order valence-electron chi connectivity index (χ1n) is 7.91. The number of benzene rings is 2. The van der Waals surface area contributed by atoms with E-state index < -0.39 is 0 Å². The molecule has 0 aromatic heterocycles. The zero-order valence-electron chi connectivity index (χ0n) is 13.9. The molecule has 0 spiro atoms. The monoisotopic (exact) mass is 327 g/mol. The number of ether oxygens (including phenoxy) is 3. The van der Waals surface area contributed by atoms with Crippen molar-refractivity contribution in [2.75, 3.05) is 20.8 Å². The smallest absolute Gasteiger partial charge is 0.224 e. The highest BCUT2D eigenvalue weighted by Crippen LogP contribution is 2.31. The summed E-state index contributed by atoms with van der Waals surface area (Å²) < 4.78 is 16.2. The van der Waals surface area contributed by atoms with Crippen molar-refractivity contribution in [2.24, 2.45) is 0 Å². The number of amides is 1. The standard InChI is InChI=1S/C19H21NO4/c1-22-15-5-3-13(4-6-15)9-19(21)20-12-17-11-14-10-16(23-2)7-8-18(14)24-17/h3-8,10,17H,9,11-12H2,1-2H3,(H,20,21)/t17-/m1/s1. The van der Waals surface area contributed by atoms with Gasteiger partial charge >= 0.3 is 0 Å². The average Bonchev–Trinajstić information content (AvgIpc) is 3.02. The maximum atomic E-state index is 12.1. The Hall–Kier alpha value is -2.69. The van der Waals surface area contributed by atoms with Gasteiger partial charge in [0.1, 0.15) is 23.4 Å². The molecule has 1 aliphatic rings. The molecule has 0 radical (unpaired) electrons. The van der Waals surface area contributed by atoms with Crippen LogP contribution < -0.4 is 19.5 Å². The molecule has 2 aromatic carbocycles. The molecule has 1 heterocycles. The molecule has 1 N–H and O–H groups in total. The van der Waals surface area contributed by atoms with Gasteiger partial charge in [0.15, 0.2) is 0 Å². The summed E-state index contributed by atoms with van der Waals surface area (Å²) in [6.45, 7) is 0.492. The molecule has 1 atom stereocenters. The molecule has 1 aliphatic heterocycles. The molecule has 0 unspecified atom stereocenters. The normalized spacial score (nSPS) is 15.3. The first kappa shape index (κ1) is 16.2. The molecule has 5 heteroatoms. The minimum Gasteiger partial charge on any atom is -0.497 e. The molecule has 24 heavy (non-hydrogen) atoms. The Kier molecular flexibility index (Phi) is 4.89. The maximum absolute atomic E-state index is 12.1. The van der Waals surface area contributed by atoms with Crippen molar-refractivity contribution in [3.63, 3.8) is 0 Å². The summed E-state index contributed by atoms with van der Waals surface area (Å²) in [6.07, 6.45) is 1.08. The first-order valence-corrected chi connectivity index (χ1v) is 7.91. The highest BCUT2D eigenvalue weighted by Gasteiger charge is 2.23. The Bertz CT molecular complexity index is 712. The number of nitrogens with one attached hydrogen (secondary N) is 1. The lowest BCUT2D eigenvalue weighted by atomic mass is 10.1. The first-order chi connectivity index (χ1) is 11.7. The van der Waals surface area contributed by atoms with E-state index in [2.05, 4.69) is 5.32 Å². The fourth-order valence-corrected chi connectivity index (χ4v) is 2.76. The van der Waals surface area contributed by atoms with Crippen molar-refractivity contribution in [3.8, 4) is 17.2 Å². The van der Waals surface area contributed by atoms with Gasteiger partial charge in [0.05, 0.1) is 27.2 Å². The van der Waals surface area contributed by atoms with E-state index in [1.807, 2.05) is 42.5 Å². The second-order valence-electron chi connectivity index (χ2n) is 5.75. The summed E-state index contributed by atoms with van der Waals surface area (Å²) in [7, 11) is 3.27. The second kappa shape index (κ2) is 7.25. The SMILES string of the molecule is COc1ccc(CC(=O)NC[C@H]2Cc3cc(OC)ccc3O2)cc1. The minimum atomic E-state index is -0.0353. The van der Waals surface area contributed by atoms with Crippen LogP contribution in [0.3, 0.4) is 0 Å². The van der Waals surface area contributed by atoms with Crippen LogP contribution in [0.2, 0.25) is 0 Å². The Labute approximate surface area is 141 Å². The second-order valence-corrected chi connectivity index (χ2v) is 5.75. The van der Waals surface area contributed by atoms with E-state index in [0.29, 0.717) is 13.0 Å². The van der Waals surface area contributed by atoms with Crippen molar-refractivity contribution in [1.29, 1.82) is 0 Å². The van der Waals surface area contributed by atoms with Gasteiger partial charge in [0.25, 0.3) is 0 Å². The van der Waals surface area contributed by atoms with Crippen LogP contribution in [0.1, 0.15) is 11.1 Å². The third kappa shape index (κ3) is 3.79. The summed E-state index contributed by atoms with van der Waals surface area (Å²) in [5.41, 5.74) is 2.07. The topological polar surface area (TPSA) is 56.8 Å². The molecule has 2 aromatic rings. The van der Waals surface area contributed by atoms with Crippen LogP contribution in [0.25, 0.3) is 0 Å². The third-order valence-electron chi connectivity index (χ3n) is 4.06. The zero-order valence-corrected chi connectivity index (χ0v) is 13.9. The van der Waals surface area contributed by atoms with Crippen LogP contribution in [0.15, 0.2) is 42.5 Å². The Morgan fingerprint density at radius 1 is 1.12 bits per heavy atom. The lowest BCUT2D eigenvalue weighted by Crippen LogP contribution is -2.35. The van der Waals surface area contributed by atoms with Crippen molar-refractivity contribution >= 4 is 5.91 Å². The lowest BCUT2D eigenvalue weighted by Gasteiger charge is -2.12. The van der Waals surface area contributed by atoms with E-state index in [4.69, 9.17) is 14.2 Å². The van der Waals surface area contributed by atoms with E-state index in [1.54, 1.807) is 14.2 Å². The van der Waals surface area contributed by atoms with Crippen molar-refractivity contribution < 1.29 is 19.0 Å². The summed E-state index contributed by atoms with van der Waals surface area (Å²) in [4.78, 5) is 12.1. The zero-order chi connectivity index (χ0) is 16.9. The Balaban J connectivity index is 1.48. The van der Waals surface area contributed by atoms with E-state index in [-0.39, 0.29) is 12.0 Å². The molecule has 1 amide bonds. The molecule has 0 aliphatic carbocycles.